The molecule has 0 saturated heterocycles. The molecule has 1 aliphatic carbocycles. The van der Waals surface area contributed by atoms with E-state index < -0.39 is 0 Å². The van der Waals surface area contributed by atoms with Crippen molar-refractivity contribution in [3.63, 3.8) is 0 Å². The maximum Gasteiger partial charge on any atom is 0.187 e. The molecule has 0 bridgehead atoms. The summed E-state index contributed by atoms with van der Waals surface area (Å²) in [5, 5.41) is 8.15. The molecule has 1 aromatic rings. The van der Waals surface area contributed by atoms with Gasteiger partial charge in [0.25, 0.3) is 0 Å². The van der Waals surface area contributed by atoms with E-state index in [4.69, 9.17) is 17.0 Å². The van der Waals surface area contributed by atoms with Gasteiger partial charge in [-0.1, -0.05) is 30.3 Å². The summed E-state index contributed by atoms with van der Waals surface area (Å²) >= 11 is 5.23. The van der Waals surface area contributed by atoms with Gasteiger partial charge in [0.15, 0.2) is 5.11 Å². The van der Waals surface area contributed by atoms with Gasteiger partial charge in [0.1, 0.15) is 0 Å². The first-order valence-electron chi connectivity index (χ1n) is 7.85. The van der Waals surface area contributed by atoms with E-state index in [0.29, 0.717) is 17.6 Å². The van der Waals surface area contributed by atoms with Gasteiger partial charge in [-0.2, -0.15) is 5.10 Å². The molecule has 5 heteroatoms. The van der Waals surface area contributed by atoms with Crippen molar-refractivity contribution in [3.05, 3.63) is 35.9 Å². The van der Waals surface area contributed by atoms with Crippen LogP contribution in [0.4, 0.5) is 0 Å². The molecule has 0 heterocycles. The smallest absolute Gasteiger partial charge is 0.187 e. The summed E-state index contributed by atoms with van der Waals surface area (Å²) in [6.07, 6.45) is 4.38. The number of hydrogen-bond donors (Lipinski definition) is 2. The molecule has 1 fully saturated rings. The Morgan fingerprint density at radius 3 is 2.64 bits per heavy atom. The summed E-state index contributed by atoms with van der Waals surface area (Å²) < 4.78 is 5.07. The Morgan fingerprint density at radius 1 is 1.32 bits per heavy atom. The minimum Gasteiger partial charge on any atom is -0.383 e. The molecule has 1 aromatic carbocycles. The highest BCUT2D eigenvalue weighted by Gasteiger charge is 2.19. The standard InChI is InChI=1S/C17H25N3OS/c1-13(12-21-2)18-17(22)20-19-16-10-8-15(9-11-16)14-6-4-3-5-7-14/h3-7,13,15H,8-12H2,1-2H3,(H2,18,20,22)/t13-,15?/m1/s1. The Hall–Kier alpha value is -1.46. The van der Waals surface area contributed by atoms with Crippen LogP contribution in [0.1, 0.15) is 44.1 Å². The van der Waals surface area contributed by atoms with E-state index in [0.717, 1.165) is 25.7 Å². The normalized spacial score (nSPS) is 19.4. The average molecular weight is 319 g/mol. The molecule has 1 atom stereocenters. The number of benzene rings is 1. The summed E-state index contributed by atoms with van der Waals surface area (Å²) in [6, 6.07) is 10.9. The Labute approximate surface area is 138 Å². The molecular weight excluding hydrogens is 294 g/mol. The second kappa shape index (κ2) is 8.86. The van der Waals surface area contributed by atoms with Crippen LogP contribution in [0, 0.1) is 0 Å². The maximum atomic E-state index is 5.23. The lowest BCUT2D eigenvalue weighted by Crippen LogP contribution is -2.40. The molecule has 120 valence electrons. The average Bonchev–Trinajstić information content (AvgIpc) is 2.54. The van der Waals surface area contributed by atoms with E-state index in [1.165, 1.54) is 11.3 Å². The van der Waals surface area contributed by atoms with Crippen molar-refractivity contribution in [2.24, 2.45) is 5.10 Å². The first-order chi connectivity index (χ1) is 10.7. The van der Waals surface area contributed by atoms with Gasteiger partial charge in [0, 0.05) is 18.9 Å². The van der Waals surface area contributed by atoms with Crippen LogP contribution in [0.15, 0.2) is 35.4 Å². The van der Waals surface area contributed by atoms with E-state index in [9.17, 15) is 0 Å². The molecule has 0 spiro atoms. The number of hydrogen-bond acceptors (Lipinski definition) is 3. The second-order valence-corrected chi connectivity index (χ2v) is 6.21. The van der Waals surface area contributed by atoms with E-state index in [-0.39, 0.29) is 6.04 Å². The van der Waals surface area contributed by atoms with E-state index >= 15 is 0 Å². The van der Waals surface area contributed by atoms with Crippen LogP contribution >= 0.6 is 12.2 Å². The minimum atomic E-state index is 0.180. The van der Waals surface area contributed by atoms with Crippen molar-refractivity contribution < 1.29 is 4.74 Å². The largest absolute Gasteiger partial charge is 0.383 e. The minimum absolute atomic E-state index is 0.180. The fourth-order valence-electron chi connectivity index (χ4n) is 2.80. The zero-order chi connectivity index (χ0) is 15.8. The molecule has 0 radical (unpaired) electrons. The predicted molar refractivity (Wildman–Crippen MR) is 95.3 cm³/mol. The van der Waals surface area contributed by atoms with Gasteiger partial charge in [-0.15, -0.1) is 0 Å². The number of methoxy groups -OCH3 is 1. The summed E-state index contributed by atoms with van der Waals surface area (Å²) in [5.41, 5.74) is 5.60. The van der Waals surface area contributed by atoms with Gasteiger partial charge in [-0.05, 0) is 56.3 Å². The van der Waals surface area contributed by atoms with Gasteiger partial charge in [0.05, 0.1) is 6.61 Å². The molecular formula is C17H25N3OS. The van der Waals surface area contributed by atoms with Crippen molar-refractivity contribution in [1.29, 1.82) is 0 Å². The Bertz CT molecular complexity index is 494. The Morgan fingerprint density at radius 2 is 2.00 bits per heavy atom. The van der Waals surface area contributed by atoms with Gasteiger partial charge in [-0.3, -0.25) is 5.43 Å². The second-order valence-electron chi connectivity index (χ2n) is 5.80. The topological polar surface area (TPSA) is 45.6 Å². The lowest BCUT2D eigenvalue weighted by atomic mass is 9.83. The van der Waals surface area contributed by atoms with Gasteiger partial charge < -0.3 is 10.1 Å². The molecule has 4 nitrogen and oxygen atoms in total. The highest BCUT2D eigenvalue weighted by Crippen LogP contribution is 2.31. The zero-order valence-electron chi connectivity index (χ0n) is 13.3. The quantitative estimate of drug-likeness (QED) is 0.646. The molecule has 0 unspecified atom stereocenters. The lowest BCUT2D eigenvalue weighted by molar-refractivity contribution is 0.179. The van der Waals surface area contributed by atoms with Crippen LogP contribution in [0.3, 0.4) is 0 Å². The predicted octanol–water partition coefficient (Wildman–Crippen LogP) is 3.20. The Kier molecular flexibility index (Phi) is 6.80. The maximum absolute atomic E-state index is 5.23. The lowest BCUT2D eigenvalue weighted by Gasteiger charge is -2.23. The SMILES string of the molecule is COC[C@@H](C)NC(=S)NN=C1CCC(c2ccccc2)CC1. The molecule has 1 saturated carbocycles. The van der Waals surface area contributed by atoms with Crippen LogP contribution < -0.4 is 10.7 Å². The van der Waals surface area contributed by atoms with Crippen molar-refractivity contribution in [1.82, 2.24) is 10.7 Å². The highest BCUT2D eigenvalue weighted by molar-refractivity contribution is 7.80. The van der Waals surface area contributed by atoms with Crippen molar-refractivity contribution >= 4 is 23.0 Å². The molecule has 22 heavy (non-hydrogen) atoms. The third kappa shape index (κ3) is 5.39. The van der Waals surface area contributed by atoms with Gasteiger partial charge >= 0.3 is 0 Å². The van der Waals surface area contributed by atoms with Crippen molar-refractivity contribution in [2.45, 2.75) is 44.6 Å². The molecule has 1 aliphatic rings. The Balaban J connectivity index is 1.75. The first-order valence-corrected chi connectivity index (χ1v) is 8.25. The summed E-state index contributed by atoms with van der Waals surface area (Å²) in [5.74, 6) is 0.659. The highest BCUT2D eigenvalue weighted by atomic mass is 32.1. The van der Waals surface area contributed by atoms with Crippen LogP contribution in [0.25, 0.3) is 0 Å². The number of rotatable bonds is 5. The summed E-state index contributed by atoms with van der Waals surface area (Å²) in [7, 11) is 1.68. The first kappa shape index (κ1) is 16.9. The molecule has 0 aromatic heterocycles. The fraction of sp³-hybridized carbons (Fsp3) is 0.529. The summed E-state index contributed by atoms with van der Waals surface area (Å²) in [6.45, 7) is 2.65. The molecule has 2 rings (SSSR count). The number of ether oxygens (including phenoxy) is 1. The third-order valence-corrected chi connectivity index (χ3v) is 4.15. The van der Waals surface area contributed by atoms with E-state index in [1.807, 2.05) is 6.92 Å². The fourth-order valence-corrected chi connectivity index (χ4v) is 3.05. The van der Waals surface area contributed by atoms with Crippen LogP contribution in [-0.4, -0.2) is 30.6 Å². The molecule has 0 aliphatic heterocycles. The van der Waals surface area contributed by atoms with Crippen molar-refractivity contribution in [2.75, 3.05) is 13.7 Å². The van der Waals surface area contributed by atoms with E-state index in [1.54, 1.807) is 7.11 Å². The van der Waals surface area contributed by atoms with Crippen LogP contribution in [0.2, 0.25) is 0 Å². The zero-order valence-corrected chi connectivity index (χ0v) is 14.2. The van der Waals surface area contributed by atoms with Gasteiger partial charge in [0.2, 0.25) is 0 Å². The van der Waals surface area contributed by atoms with Crippen molar-refractivity contribution in [3.8, 4) is 0 Å². The number of nitrogens with zero attached hydrogens (tertiary/aromatic N) is 1. The van der Waals surface area contributed by atoms with Crippen LogP contribution in [-0.2, 0) is 4.74 Å². The number of thiocarbonyl (C=S) groups is 1. The third-order valence-electron chi connectivity index (χ3n) is 3.94. The molecule has 0 amide bonds. The number of nitrogens with one attached hydrogen (secondary N) is 2. The number of hydrazone groups is 1. The summed E-state index contributed by atoms with van der Waals surface area (Å²) in [4.78, 5) is 0. The molecule has 2 N–H and O–H groups in total. The van der Waals surface area contributed by atoms with E-state index in [2.05, 4.69) is 46.2 Å². The van der Waals surface area contributed by atoms with Crippen LogP contribution in [0.5, 0.6) is 0 Å². The monoisotopic (exact) mass is 319 g/mol. The van der Waals surface area contributed by atoms with Gasteiger partial charge in [-0.25, -0.2) is 0 Å².